The Morgan fingerprint density at radius 3 is 2.80 bits per heavy atom. The number of benzene rings is 1. The average molecular weight is 261 g/mol. The highest BCUT2D eigenvalue weighted by atomic mass is 35.5. The van der Waals surface area contributed by atoms with E-state index < -0.39 is 5.24 Å². The third-order valence-corrected chi connectivity index (χ3v) is 3.67. The van der Waals surface area contributed by atoms with Crippen molar-refractivity contribution in [2.75, 3.05) is 7.11 Å². The quantitative estimate of drug-likeness (QED) is 0.765. The van der Waals surface area contributed by atoms with Crippen LogP contribution in [-0.2, 0) is 0 Å². The number of thiophene rings is 1. The van der Waals surface area contributed by atoms with Crippen LogP contribution in [0.2, 0.25) is 5.02 Å². The SMILES string of the molecule is COc1c(C(=O)Cl)sc2ccc(Cl)cc12. The molecule has 0 amide bonds. The largest absolute Gasteiger partial charge is 0.494 e. The fourth-order valence-corrected chi connectivity index (χ4v) is 2.74. The highest BCUT2D eigenvalue weighted by molar-refractivity contribution is 7.22. The van der Waals surface area contributed by atoms with Gasteiger partial charge in [-0.3, -0.25) is 4.79 Å². The van der Waals surface area contributed by atoms with Crippen LogP contribution in [0.1, 0.15) is 9.67 Å². The van der Waals surface area contributed by atoms with Gasteiger partial charge in [0.1, 0.15) is 10.6 Å². The zero-order valence-electron chi connectivity index (χ0n) is 7.71. The molecule has 0 N–H and O–H groups in total. The maximum absolute atomic E-state index is 11.1. The number of hydrogen-bond acceptors (Lipinski definition) is 3. The molecule has 15 heavy (non-hydrogen) atoms. The Morgan fingerprint density at radius 2 is 2.20 bits per heavy atom. The molecule has 2 aromatic rings. The monoisotopic (exact) mass is 260 g/mol. The van der Waals surface area contributed by atoms with Crippen molar-refractivity contribution in [2.24, 2.45) is 0 Å². The summed E-state index contributed by atoms with van der Waals surface area (Å²) in [6.07, 6.45) is 0. The van der Waals surface area contributed by atoms with Crippen LogP contribution in [0.3, 0.4) is 0 Å². The molecule has 0 saturated carbocycles. The van der Waals surface area contributed by atoms with Crippen LogP contribution in [0.25, 0.3) is 10.1 Å². The van der Waals surface area contributed by atoms with Gasteiger partial charge in [0, 0.05) is 15.1 Å². The first-order valence-electron chi connectivity index (χ1n) is 4.09. The second-order valence-electron chi connectivity index (χ2n) is 2.88. The second-order valence-corrected chi connectivity index (χ2v) is 4.71. The first kappa shape index (κ1) is 10.7. The van der Waals surface area contributed by atoms with Crippen molar-refractivity contribution in [1.29, 1.82) is 0 Å². The van der Waals surface area contributed by atoms with E-state index in [0.29, 0.717) is 15.6 Å². The summed E-state index contributed by atoms with van der Waals surface area (Å²) in [6, 6.07) is 5.37. The number of halogens is 2. The normalized spacial score (nSPS) is 10.6. The lowest BCUT2D eigenvalue weighted by molar-refractivity contribution is 0.108. The predicted octanol–water partition coefficient (Wildman–Crippen LogP) is 3.94. The number of ether oxygens (including phenoxy) is 1. The molecule has 0 aliphatic rings. The zero-order valence-corrected chi connectivity index (χ0v) is 10.0. The van der Waals surface area contributed by atoms with Crippen LogP contribution in [0.5, 0.6) is 5.75 Å². The molecule has 2 rings (SSSR count). The zero-order chi connectivity index (χ0) is 11.0. The number of hydrogen-bond donors (Lipinski definition) is 0. The molecule has 1 aromatic heterocycles. The van der Waals surface area contributed by atoms with Gasteiger partial charge < -0.3 is 4.74 Å². The Morgan fingerprint density at radius 1 is 1.47 bits per heavy atom. The predicted molar refractivity (Wildman–Crippen MR) is 63.6 cm³/mol. The summed E-state index contributed by atoms with van der Waals surface area (Å²) in [5.74, 6) is 0.498. The molecule has 0 spiro atoms. The summed E-state index contributed by atoms with van der Waals surface area (Å²) < 4.78 is 6.09. The van der Waals surface area contributed by atoms with E-state index in [4.69, 9.17) is 27.9 Å². The van der Waals surface area contributed by atoms with Gasteiger partial charge in [0.15, 0.2) is 0 Å². The van der Waals surface area contributed by atoms with Gasteiger partial charge in [-0.1, -0.05) is 11.6 Å². The summed E-state index contributed by atoms with van der Waals surface area (Å²) in [6.45, 7) is 0. The first-order valence-corrected chi connectivity index (χ1v) is 5.66. The first-order chi connectivity index (χ1) is 7.13. The fourth-order valence-electron chi connectivity index (χ4n) is 1.38. The van der Waals surface area contributed by atoms with Crippen molar-refractivity contribution in [3.8, 4) is 5.75 Å². The maximum Gasteiger partial charge on any atom is 0.266 e. The van der Waals surface area contributed by atoms with Crippen LogP contribution in [0, 0.1) is 0 Å². The highest BCUT2D eigenvalue weighted by Crippen LogP contribution is 2.39. The maximum atomic E-state index is 11.1. The van der Waals surface area contributed by atoms with Gasteiger partial charge >= 0.3 is 0 Å². The van der Waals surface area contributed by atoms with Crippen LogP contribution in [0.15, 0.2) is 18.2 Å². The number of carbonyl (C=O) groups is 1. The van der Waals surface area contributed by atoms with Crippen LogP contribution in [-0.4, -0.2) is 12.4 Å². The van der Waals surface area contributed by atoms with Crippen LogP contribution >= 0.6 is 34.5 Å². The number of methoxy groups -OCH3 is 1. The van der Waals surface area contributed by atoms with E-state index in [1.54, 1.807) is 12.1 Å². The van der Waals surface area contributed by atoms with Crippen LogP contribution in [0.4, 0.5) is 0 Å². The Balaban J connectivity index is 2.79. The fraction of sp³-hybridized carbons (Fsp3) is 0.100. The Bertz CT molecular complexity index is 533. The average Bonchev–Trinajstić information content (AvgIpc) is 2.55. The molecule has 0 aliphatic heterocycles. The standard InChI is InChI=1S/C10H6Cl2O2S/c1-14-8-6-4-5(11)2-3-7(6)15-9(8)10(12)13/h2-4H,1H3. The van der Waals surface area contributed by atoms with E-state index in [1.807, 2.05) is 6.07 Å². The smallest absolute Gasteiger partial charge is 0.266 e. The minimum absolute atomic E-state index is 0.413. The molecule has 5 heteroatoms. The van der Waals surface area contributed by atoms with E-state index in [0.717, 1.165) is 10.1 Å². The Kier molecular flexibility index (Phi) is 2.87. The van der Waals surface area contributed by atoms with Crippen molar-refractivity contribution in [1.82, 2.24) is 0 Å². The minimum atomic E-state index is -0.510. The van der Waals surface area contributed by atoms with Gasteiger partial charge in [-0.25, -0.2) is 0 Å². The molecule has 0 saturated heterocycles. The topological polar surface area (TPSA) is 26.3 Å². The summed E-state index contributed by atoms with van der Waals surface area (Å²) in [4.78, 5) is 11.6. The van der Waals surface area contributed by atoms with E-state index >= 15 is 0 Å². The van der Waals surface area contributed by atoms with E-state index in [9.17, 15) is 4.79 Å². The third kappa shape index (κ3) is 1.83. The molecule has 0 atom stereocenters. The number of fused-ring (bicyclic) bond motifs is 1. The van der Waals surface area contributed by atoms with E-state index in [2.05, 4.69) is 0 Å². The molecule has 0 radical (unpaired) electrons. The molecule has 2 nitrogen and oxygen atoms in total. The van der Waals surface area contributed by atoms with Gasteiger partial charge in [0.05, 0.1) is 7.11 Å². The molecule has 0 bridgehead atoms. The lowest BCUT2D eigenvalue weighted by Gasteiger charge is -1.98. The van der Waals surface area contributed by atoms with Gasteiger partial charge in [0.2, 0.25) is 0 Å². The summed E-state index contributed by atoms with van der Waals surface area (Å²) in [5, 5.41) is 0.912. The van der Waals surface area contributed by atoms with E-state index in [-0.39, 0.29) is 0 Å². The van der Waals surface area contributed by atoms with Crippen molar-refractivity contribution in [3.05, 3.63) is 28.1 Å². The summed E-state index contributed by atoms with van der Waals surface area (Å²) in [7, 11) is 1.51. The Labute approximate surface area is 100 Å². The van der Waals surface area contributed by atoms with Gasteiger partial charge in [-0.2, -0.15) is 0 Å². The molecular weight excluding hydrogens is 255 g/mol. The summed E-state index contributed by atoms with van der Waals surface area (Å²) in [5.41, 5.74) is 0. The van der Waals surface area contributed by atoms with E-state index in [1.165, 1.54) is 18.4 Å². The molecule has 0 fully saturated rings. The molecular formula is C10H6Cl2O2S. The lowest BCUT2D eigenvalue weighted by atomic mass is 10.2. The van der Waals surface area contributed by atoms with Crippen LogP contribution < -0.4 is 4.74 Å². The summed E-state index contributed by atoms with van der Waals surface area (Å²) >= 11 is 12.6. The number of rotatable bonds is 2. The van der Waals surface area contributed by atoms with Gasteiger partial charge in [0.25, 0.3) is 5.24 Å². The molecule has 1 heterocycles. The van der Waals surface area contributed by atoms with Gasteiger partial charge in [-0.15, -0.1) is 11.3 Å². The molecule has 78 valence electrons. The lowest BCUT2D eigenvalue weighted by Crippen LogP contribution is -1.89. The minimum Gasteiger partial charge on any atom is -0.494 e. The molecule has 0 aliphatic carbocycles. The van der Waals surface area contributed by atoms with Crippen molar-refractivity contribution in [2.45, 2.75) is 0 Å². The Hall–Kier alpha value is -0.770. The molecule has 0 unspecified atom stereocenters. The van der Waals surface area contributed by atoms with Gasteiger partial charge in [-0.05, 0) is 29.8 Å². The van der Waals surface area contributed by atoms with Crippen molar-refractivity contribution >= 4 is 49.9 Å². The highest BCUT2D eigenvalue weighted by Gasteiger charge is 2.17. The second kappa shape index (κ2) is 4.00. The number of carbonyl (C=O) groups excluding carboxylic acids is 1. The van der Waals surface area contributed by atoms with Crippen molar-refractivity contribution < 1.29 is 9.53 Å². The van der Waals surface area contributed by atoms with Crippen molar-refractivity contribution in [3.63, 3.8) is 0 Å². The third-order valence-electron chi connectivity index (χ3n) is 1.99. The molecule has 1 aromatic carbocycles.